The lowest BCUT2D eigenvalue weighted by atomic mass is 10.1. The fraction of sp³-hybridized carbons (Fsp3) is 0.143. The van der Waals surface area contributed by atoms with Crippen LogP contribution in [0.4, 0.5) is 0 Å². The number of aromatic nitrogens is 1. The Bertz CT molecular complexity index is 1180. The highest BCUT2D eigenvalue weighted by atomic mass is 35.5. The molecule has 156 valence electrons. The summed E-state index contributed by atoms with van der Waals surface area (Å²) < 4.78 is 12.6. The number of aliphatic hydroxyl groups is 1. The van der Waals surface area contributed by atoms with E-state index < -0.39 is 17.5 Å². The van der Waals surface area contributed by atoms with E-state index in [4.69, 9.17) is 37.8 Å². The van der Waals surface area contributed by atoms with Crippen molar-refractivity contribution in [3.8, 4) is 11.5 Å². The number of nitrogens with zero attached hydrogens (tertiary/aromatic N) is 1. The number of carbonyl (C=O) groups excluding carboxylic acids is 1. The number of aliphatic hydroxyl groups excluding tert-OH is 1. The molecule has 0 fully saturated rings. The number of carbonyl (C=O) groups is 2. The predicted molar refractivity (Wildman–Crippen MR) is 114 cm³/mol. The van der Waals surface area contributed by atoms with E-state index in [1.54, 1.807) is 41.1 Å². The van der Waals surface area contributed by atoms with Gasteiger partial charge in [0, 0.05) is 34.4 Å². The van der Waals surface area contributed by atoms with Gasteiger partial charge in [-0.25, -0.2) is 4.79 Å². The number of carboxylic acids is 1. The van der Waals surface area contributed by atoms with Crippen LogP contribution in [0.25, 0.3) is 16.7 Å². The van der Waals surface area contributed by atoms with E-state index >= 15 is 0 Å². The summed E-state index contributed by atoms with van der Waals surface area (Å²) in [5.74, 6) is -2.71. The Labute approximate surface area is 181 Å². The van der Waals surface area contributed by atoms with E-state index in [1.807, 2.05) is 0 Å². The van der Waals surface area contributed by atoms with Gasteiger partial charge in [-0.15, -0.1) is 0 Å². The van der Waals surface area contributed by atoms with Gasteiger partial charge in [-0.1, -0.05) is 29.3 Å². The lowest BCUT2D eigenvalue weighted by Crippen LogP contribution is -2.09. The van der Waals surface area contributed by atoms with Gasteiger partial charge in [0.1, 0.15) is 5.76 Å². The second-order valence-corrected chi connectivity index (χ2v) is 7.14. The molecule has 30 heavy (non-hydrogen) atoms. The van der Waals surface area contributed by atoms with Crippen molar-refractivity contribution in [3.05, 3.63) is 63.8 Å². The number of rotatable bonds is 7. The lowest BCUT2D eigenvalue weighted by molar-refractivity contribution is -0.146. The van der Waals surface area contributed by atoms with E-state index in [9.17, 15) is 14.7 Å². The minimum absolute atomic E-state index is 0.209. The van der Waals surface area contributed by atoms with E-state index in [-0.39, 0.29) is 5.56 Å². The summed E-state index contributed by atoms with van der Waals surface area (Å²) in [6.07, 6.45) is 2.23. The summed E-state index contributed by atoms with van der Waals surface area (Å²) in [6, 6.07) is 8.57. The third kappa shape index (κ3) is 4.08. The van der Waals surface area contributed by atoms with Crippen molar-refractivity contribution in [2.75, 3.05) is 14.2 Å². The monoisotopic (exact) mass is 449 g/mol. The predicted octanol–water partition coefficient (Wildman–Crippen LogP) is 4.57. The van der Waals surface area contributed by atoms with Gasteiger partial charge in [-0.3, -0.25) is 4.79 Å². The quantitative estimate of drug-likeness (QED) is 0.311. The van der Waals surface area contributed by atoms with Crippen LogP contribution in [0.3, 0.4) is 0 Å². The number of benzene rings is 2. The highest BCUT2D eigenvalue weighted by Gasteiger charge is 2.21. The maximum atomic E-state index is 11.6. The molecule has 0 aliphatic rings. The topological polar surface area (TPSA) is 98.0 Å². The van der Waals surface area contributed by atoms with Crippen LogP contribution in [-0.4, -0.2) is 40.8 Å². The Hall–Kier alpha value is -3.16. The highest BCUT2D eigenvalue weighted by molar-refractivity contribution is 6.38. The molecule has 0 amide bonds. The molecule has 3 rings (SSSR count). The summed E-state index contributed by atoms with van der Waals surface area (Å²) in [5.41, 5.74) is 1.63. The summed E-state index contributed by atoms with van der Waals surface area (Å²) in [5, 5.41) is 20.8. The number of ketones is 1. The van der Waals surface area contributed by atoms with Crippen molar-refractivity contribution >= 4 is 51.6 Å². The molecule has 0 aliphatic carbocycles. The molecule has 0 atom stereocenters. The maximum absolute atomic E-state index is 11.6. The van der Waals surface area contributed by atoms with Crippen molar-refractivity contribution in [3.63, 3.8) is 0 Å². The van der Waals surface area contributed by atoms with Gasteiger partial charge in [0.2, 0.25) is 0 Å². The number of methoxy groups -OCH3 is 2. The fourth-order valence-electron chi connectivity index (χ4n) is 3.13. The molecule has 1 aromatic heterocycles. The van der Waals surface area contributed by atoms with Crippen LogP contribution in [0.2, 0.25) is 10.0 Å². The van der Waals surface area contributed by atoms with Gasteiger partial charge >= 0.3 is 5.97 Å². The number of ether oxygens (including phenoxy) is 2. The number of hydrogen-bond donors (Lipinski definition) is 2. The normalized spacial score (nSPS) is 11.5. The molecule has 0 saturated carbocycles. The van der Waals surface area contributed by atoms with Crippen LogP contribution in [0.5, 0.6) is 11.5 Å². The van der Waals surface area contributed by atoms with E-state index in [1.165, 1.54) is 14.2 Å². The van der Waals surface area contributed by atoms with Crippen LogP contribution < -0.4 is 9.47 Å². The summed E-state index contributed by atoms with van der Waals surface area (Å²) in [6.45, 7) is 0.322. The first-order valence-electron chi connectivity index (χ1n) is 8.62. The summed E-state index contributed by atoms with van der Waals surface area (Å²) in [4.78, 5) is 22.5. The van der Waals surface area contributed by atoms with Gasteiger partial charge in [-0.05, 0) is 29.8 Å². The van der Waals surface area contributed by atoms with Crippen molar-refractivity contribution in [1.82, 2.24) is 4.57 Å². The lowest BCUT2D eigenvalue weighted by Gasteiger charge is -2.11. The first-order valence-corrected chi connectivity index (χ1v) is 9.38. The minimum Gasteiger partial charge on any atom is -0.507 e. The second kappa shape index (κ2) is 8.69. The number of aliphatic carboxylic acids is 1. The molecular formula is C21H17Cl2NO6. The Morgan fingerprint density at radius 3 is 2.43 bits per heavy atom. The Balaban J connectivity index is 2.24. The van der Waals surface area contributed by atoms with E-state index in [2.05, 4.69) is 0 Å². The van der Waals surface area contributed by atoms with Gasteiger partial charge in [0.25, 0.3) is 5.78 Å². The molecule has 1 heterocycles. The second-order valence-electron chi connectivity index (χ2n) is 6.30. The maximum Gasteiger partial charge on any atom is 0.376 e. The van der Waals surface area contributed by atoms with Crippen LogP contribution in [0.15, 0.2) is 42.6 Å². The first kappa shape index (κ1) is 21.5. The third-order valence-corrected chi connectivity index (χ3v) is 5.08. The highest BCUT2D eigenvalue weighted by Crippen LogP contribution is 2.40. The number of hydrogen-bond acceptors (Lipinski definition) is 5. The standard InChI is InChI=1S/C21H17Cl2NO6/c1-29-18-6-5-15-19(20(18)30-2)13(16(25)8-17(26)21(27)28)10-24(15)9-11-3-4-12(22)7-14(11)23/h3-8,10,25H,9H2,1-2H3,(H,27,28)/b16-8-. The van der Waals surface area contributed by atoms with Crippen molar-refractivity contribution in [2.24, 2.45) is 0 Å². The first-order chi connectivity index (χ1) is 14.3. The third-order valence-electron chi connectivity index (χ3n) is 4.50. The van der Waals surface area contributed by atoms with E-state index in [0.29, 0.717) is 45.1 Å². The zero-order chi connectivity index (χ0) is 22.0. The average Bonchev–Trinajstić information content (AvgIpc) is 3.07. The molecule has 2 N–H and O–H groups in total. The molecule has 0 aliphatic heterocycles. The zero-order valence-corrected chi connectivity index (χ0v) is 17.5. The zero-order valence-electron chi connectivity index (χ0n) is 16.0. The molecular weight excluding hydrogens is 433 g/mol. The Kier molecular flexibility index (Phi) is 6.24. The Morgan fingerprint density at radius 2 is 1.83 bits per heavy atom. The van der Waals surface area contributed by atoms with E-state index in [0.717, 1.165) is 5.56 Å². The van der Waals surface area contributed by atoms with Gasteiger partial charge in [0.05, 0.1) is 25.1 Å². The minimum atomic E-state index is -1.68. The van der Waals surface area contributed by atoms with Crippen molar-refractivity contribution in [1.29, 1.82) is 0 Å². The number of fused-ring (bicyclic) bond motifs is 1. The molecule has 0 spiro atoms. The van der Waals surface area contributed by atoms with Crippen LogP contribution in [0, 0.1) is 0 Å². The Morgan fingerprint density at radius 1 is 1.10 bits per heavy atom. The molecule has 7 nitrogen and oxygen atoms in total. The fourth-order valence-corrected chi connectivity index (χ4v) is 3.60. The summed E-state index contributed by atoms with van der Waals surface area (Å²) >= 11 is 12.3. The molecule has 0 bridgehead atoms. The largest absolute Gasteiger partial charge is 0.507 e. The van der Waals surface area contributed by atoms with Crippen LogP contribution in [0.1, 0.15) is 11.1 Å². The SMILES string of the molecule is COc1ccc2c(c(/C(O)=C/C(=O)C(=O)O)cn2Cc2ccc(Cl)cc2Cl)c1OC. The van der Waals surface area contributed by atoms with Gasteiger partial charge in [0.15, 0.2) is 11.5 Å². The van der Waals surface area contributed by atoms with Crippen LogP contribution in [-0.2, 0) is 16.1 Å². The molecule has 3 aromatic rings. The average molecular weight is 450 g/mol. The number of carboxylic acid groups (broad SMARTS) is 1. The molecule has 0 radical (unpaired) electrons. The number of halogens is 2. The smallest absolute Gasteiger partial charge is 0.376 e. The molecule has 9 heteroatoms. The van der Waals surface area contributed by atoms with Gasteiger partial charge in [-0.2, -0.15) is 0 Å². The van der Waals surface area contributed by atoms with Crippen molar-refractivity contribution in [2.45, 2.75) is 6.54 Å². The van der Waals surface area contributed by atoms with Crippen LogP contribution >= 0.6 is 23.2 Å². The van der Waals surface area contributed by atoms with Crippen molar-refractivity contribution < 1.29 is 29.3 Å². The summed E-state index contributed by atoms with van der Waals surface area (Å²) in [7, 11) is 2.91. The van der Waals surface area contributed by atoms with Gasteiger partial charge < -0.3 is 24.3 Å². The molecule has 2 aromatic carbocycles. The molecule has 0 unspecified atom stereocenters. The molecule has 0 saturated heterocycles.